The Hall–Kier alpha value is -3.35. The number of methoxy groups -OCH3 is 1. The normalized spacial score (nSPS) is 13.3. The minimum absolute atomic E-state index is 0.109. The molecule has 7 heteroatoms. The highest BCUT2D eigenvalue weighted by Gasteiger charge is 2.21. The third kappa shape index (κ3) is 4.88. The van der Waals surface area contributed by atoms with E-state index in [1.165, 1.54) is 7.11 Å². The first-order valence-electron chi connectivity index (χ1n) is 9.04. The number of hydrogen-bond donors (Lipinski definition) is 1. The molecule has 1 aliphatic heterocycles. The van der Waals surface area contributed by atoms with Crippen LogP contribution in [0, 0.1) is 0 Å². The predicted octanol–water partition coefficient (Wildman–Crippen LogP) is 2.30. The lowest BCUT2D eigenvalue weighted by molar-refractivity contribution is -0.123. The second kappa shape index (κ2) is 9.03. The van der Waals surface area contributed by atoms with E-state index < -0.39 is 5.97 Å². The number of nitrogens with zero attached hydrogens (tertiary/aromatic N) is 1. The Morgan fingerprint density at radius 1 is 1.07 bits per heavy atom. The van der Waals surface area contributed by atoms with Crippen molar-refractivity contribution in [2.75, 3.05) is 25.2 Å². The lowest BCUT2D eigenvalue weighted by atomic mass is 10.1. The number of hydrogen-bond acceptors (Lipinski definition) is 5. The largest absolute Gasteiger partial charge is 0.484 e. The number of carbonyl (C=O) groups is 3. The molecule has 1 heterocycles. The van der Waals surface area contributed by atoms with E-state index in [0.29, 0.717) is 24.3 Å². The highest BCUT2D eigenvalue weighted by molar-refractivity contribution is 5.95. The molecule has 3 rings (SSSR count). The van der Waals surface area contributed by atoms with Crippen LogP contribution in [0.25, 0.3) is 0 Å². The van der Waals surface area contributed by atoms with Gasteiger partial charge in [0, 0.05) is 25.2 Å². The Balaban J connectivity index is 1.44. The summed E-state index contributed by atoms with van der Waals surface area (Å²) in [7, 11) is 1.33. The van der Waals surface area contributed by atoms with Gasteiger partial charge in [-0.2, -0.15) is 0 Å². The van der Waals surface area contributed by atoms with Gasteiger partial charge in [0.15, 0.2) is 6.61 Å². The summed E-state index contributed by atoms with van der Waals surface area (Å²) in [5.74, 6) is 0.0422. The summed E-state index contributed by atoms with van der Waals surface area (Å²) < 4.78 is 10.1. The van der Waals surface area contributed by atoms with E-state index in [1.807, 2.05) is 12.1 Å². The lowest BCUT2D eigenvalue weighted by Gasteiger charge is -2.16. The first-order valence-corrected chi connectivity index (χ1v) is 9.04. The summed E-state index contributed by atoms with van der Waals surface area (Å²) in [5.41, 5.74) is 2.16. The van der Waals surface area contributed by atoms with Gasteiger partial charge in [-0.05, 0) is 48.4 Å². The van der Waals surface area contributed by atoms with Crippen LogP contribution in [-0.2, 0) is 20.9 Å². The van der Waals surface area contributed by atoms with Crippen LogP contribution in [0.5, 0.6) is 5.75 Å². The van der Waals surface area contributed by atoms with Crippen LogP contribution >= 0.6 is 0 Å². The van der Waals surface area contributed by atoms with Crippen LogP contribution in [0.15, 0.2) is 48.5 Å². The second-order valence-corrected chi connectivity index (χ2v) is 6.40. The standard InChI is InChI=1S/C21H22N2O5/c1-27-21(26)16-6-4-15(5-7-16)13-22-19(24)14-28-18-10-8-17(9-11-18)23-12-2-3-20(23)25/h4-11H,2-3,12-14H2,1H3,(H,22,24). The molecule has 2 aromatic carbocycles. The zero-order valence-corrected chi connectivity index (χ0v) is 15.6. The fraction of sp³-hybridized carbons (Fsp3) is 0.286. The van der Waals surface area contributed by atoms with Gasteiger partial charge in [0.1, 0.15) is 5.75 Å². The number of amides is 2. The van der Waals surface area contributed by atoms with Gasteiger partial charge in [0.2, 0.25) is 5.91 Å². The quantitative estimate of drug-likeness (QED) is 0.743. The molecule has 0 saturated carbocycles. The fourth-order valence-corrected chi connectivity index (χ4v) is 2.92. The highest BCUT2D eigenvalue weighted by Crippen LogP contribution is 2.23. The maximum atomic E-state index is 12.0. The molecule has 1 fully saturated rings. The molecular formula is C21H22N2O5. The molecule has 2 aromatic rings. The SMILES string of the molecule is COC(=O)c1ccc(CNC(=O)COc2ccc(N3CCCC3=O)cc2)cc1. The molecular weight excluding hydrogens is 360 g/mol. The van der Waals surface area contributed by atoms with Gasteiger partial charge in [-0.25, -0.2) is 4.79 Å². The minimum Gasteiger partial charge on any atom is -0.484 e. The molecule has 0 spiro atoms. The molecule has 28 heavy (non-hydrogen) atoms. The number of ether oxygens (including phenoxy) is 2. The van der Waals surface area contributed by atoms with E-state index in [-0.39, 0.29) is 18.4 Å². The van der Waals surface area contributed by atoms with Crippen LogP contribution in [-0.4, -0.2) is 38.0 Å². The first kappa shape index (κ1) is 19.4. The predicted molar refractivity (Wildman–Crippen MR) is 103 cm³/mol. The zero-order chi connectivity index (χ0) is 19.9. The van der Waals surface area contributed by atoms with Crippen molar-refractivity contribution >= 4 is 23.5 Å². The summed E-state index contributed by atoms with van der Waals surface area (Å²) in [4.78, 5) is 36.9. The van der Waals surface area contributed by atoms with Gasteiger partial charge < -0.3 is 19.7 Å². The van der Waals surface area contributed by atoms with E-state index in [1.54, 1.807) is 41.3 Å². The molecule has 0 aromatic heterocycles. The monoisotopic (exact) mass is 382 g/mol. The van der Waals surface area contributed by atoms with Crippen molar-refractivity contribution in [3.8, 4) is 5.75 Å². The third-order valence-electron chi connectivity index (χ3n) is 4.46. The average Bonchev–Trinajstić information content (AvgIpc) is 3.16. The first-order chi connectivity index (χ1) is 13.6. The Morgan fingerprint density at radius 2 is 1.79 bits per heavy atom. The van der Waals surface area contributed by atoms with Crippen molar-refractivity contribution < 1.29 is 23.9 Å². The molecule has 1 N–H and O–H groups in total. The van der Waals surface area contributed by atoms with Crippen LogP contribution in [0.4, 0.5) is 5.69 Å². The van der Waals surface area contributed by atoms with Gasteiger partial charge in [-0.1, -0.05) is 12.1 Å². The summed E-state index contributed by atoms with van der Waals surface area (Å²) >= 11 is 0. The van der Waals surface area contributed by atoms with Crippen LogP contribution < -0.4 is 15.0 Å². The van der Waals surface area contributed by atoms with Gasteiger partial charge in [-0.3, -0.25) is 9.59 Å². The summed E-state index contributed by atoms with van der Waals surface area (Å²) in [6.07, 6.45) is 1.46. The summed E-state index contributed by atoms with van der Waals surface area (Å²) in [6, 6.07) is 13.9. The van der Waals surface area contributed by atoms with E-state index in [2.05, 4.69) is 10.1 Å². The van der Waals surface area contributed by atoms with Crippen molar-refractivity contribution in [2.24, 2.45) is 0 Å². The molecule has 0 aliphatic carbocycles. The van der Waals surface area contributed by atoms with Crippen molar-refractivity contribution in [1.29, 1.82) is 0 Å². The average molecular weight is 382 g/mol. The number of carbonyl (C=O) groups excluding carboxylic acids is 3. The number of rotatable bonds is 7. The molecule has 1 saturated heterocycles. The van der Waals surface area contributed by atoms with Crippen molar-refractivity contribution in [2.45, 2.75) is 19.4 Å². The van der Waals surface area contributed by atoms with Crippen molar-refractivity contribution in [3.05, 3.63) is 59.7 Å². The van der Waals surface area contributed by atoms with Gasteiger partial charge in [0.25, 0.3) is 5.91 Å². The lowest BCUT2D eigenvalue weighted by Crippen LogP contribution is -2.28. The topological polar surface area (TPSA) is 84.9 Å². The third-order valence-corrected chi connectivity index (χ3v) is 4.46. The van der Waals surface area contributed by atoms with Crippen molar-refractivity contribution in [1.82, 2.24) is 5.32 Å². The van der Waals surface area contributed by atoms with Crippen LogP contribution in [0.1, 0.15) is 28.8 Å². The van der Waals surface area contributed by atoms with Gasteiger partial charge in [-0.15, -0.1) is 0 Å². The van der Waals surface area contributed by atoms with Crippen LogP contribution in [0.3, 0.4) is 0 Å². The maximum Gasteiger partial charge on any atom is 0.337 e. The van der Waals surface area contributed by atoms with Gasteiger partial charge >= 0.3 is 5.97 Å². The van der Waals surface area contributed by atoms with E-state index in [0.717, 1.165) is 24.2 Å². The maximum absolute atomic E-state index is 12.0. The molecule has 7 nitrogen and oxygen atoms in total. The fourth-order valence-electron chi connectivity index (χ4n) is 2.92. The molecule has 0 bridgehead atoms. The second-order valence-electron chi connectivity index (χ2n) is 6.40. The summed E-state index contributed by atoms with van der Waals surface area (Å²) in [5, 5.41) is 2.76. The summed E-state index contributed by atoms with van der Waals surface area (Å²) in [6.45, 7) is 0.962. The number of esters is 1. The minimum atomic E-state index is -0.399. The Labute approximate surface area is 163 Å². The smallest absolute Gasteiger partial charge is 0.337 e. The Kier molecular flexibility index (Phi) is 6.26. The van der Waals surface area contributed by atoms with Gasteiger partial charge in [0.05, 0.1) is 12.7 Å². The van der Waals surface area contributed by atoms with Crippen LogP contribution in [0.2, 0.25) is 0 Å². The molecule has 0 atom stereocenters. The zero-order valence-electron chi connectivity index (χ0n) is 15.6. The Morgan fingerprint density at radius 3 is 2.39 bits per heavy atom. The molecule has 146 valence electrons. The molecule has 0 unspecified atom stereocenters. The van der Waals surface area contributed by atoms with E-state index in [9.17, 15) is 14.4 Å². The molecule has 2 amide bonds. The molecule has 1 aliphatic rings. The number of benzene rings is 2. The van der Waals surface area contributed by atoms with E-state index in [4.69, 9.17) is 4.74 Å². The Bertz CT molecular complexity index is 846. The highest BCUT2D eigenvalue weighted by atomic mass is 16.5. The number of anilines is 1. The van der Waals surface area contributed by atoms with Crippen molar-refractivity contribution in [3.63, 3.8) is 0 Å². The molecule has 0 radical (unpaired) electrons. The van der Waals surface area contributed by atoms with E-state index >= 15 is 0 Å². The number of nitrogens with one attached hydrogen (secondary N) is 1.